The second kappa shape index (κ2) is 8.28. The van der Waals surface area contributed by atoms with Crippen molar-refractivity contribution in [3.05, 3.63) is 0 Å². The van der Waals surface area contributed by atoms with Crippen molar-refractivity contribution in [3.8, 4) is 0 Å². The van der Waals surface area contributed by atoms with Crippen LogP contribution < -0.4 is 0 Å². The minimum atomic E-state index is -4.56. The SMILES string of the molecule is CCOP(=O)(OCC)OCCC[Si](F)(F)OC. The molecule has 0 aliphatic heterocycles. The maximum atomic E-state index is 12.8. The van der Waals surface area contributed by atoms with Crippen molar-refractivity contribution < 1.29 is 30.8 Å². The van der Waals surface area contributed by atoms with Crippen molar-refractivity contribution in [1.82, 2.24) is 0 Å². The van der Waals surface area contributed by atoms with Crippen LogP contribution in [0.3, 0.4) is 0 Å². The molecule has 0 aromatic rings. The molecular formula is C8H19F2O5PSi. The Hall–Kier alpha value is 0.147. The van der Waals surface area contributed by atoms with Crippen LogP contribution in [0.25, 0.3) is 0 Å². The summed E-state index contributed by atoms with van der Waals surface area (Å²) in [6, 6.07) is -0.373. The third-order valence-electron chi connectivity index (χ3n) is 1.73. The predicted molar refractivity (Wildman–Crippen MR) is 61.2 cm³/mol. The lowest BCUT2D eigenvalue weighted by atomic mass is 10.5. The molecule has 9 heteroatoms. The van der Waals surface area contributed by atoms with Crippen molar-refractivity contribution in [2.24, 2.45) is 0 Å². The zero-order valence-electron chi connectivity index (χ0n) is 10.3. The Kier molecular flexibility index (Phi) is 8.36. The molecular weight excluding hydrogens is 273 g/mol. The van der Waals surface area contributed by atoms with Crippen LogP contribution in [0.1, 0.15) is 20.3 Å². The second-order valence-corrected chi connectivity index (χ2v) is 6.91. The van der Waals surface area contributed by atoms with Crippen LogP contribution in [0.15, 0.2) is 0 Å². The highest BCUT2D eigenvalue weighted by atomic mass is 31.2. The van der Waals surface area contributed by atoms with Gasteiger partial charge in [0.1, 0.15) is 0 Å². The highest BCUT2D eigenvalue weighted by Gasteiger charge is 2.36. The van der Waals surface area contributed by atoms with Gasteiger partial charge in [-0.05, 0) is 20.3 Å². The van der Waals surface area contributed by atoms with Crippen molar-refractivity contribution >= 4 is 16.8 Å². The lowest BCUT2D eigenvalue weighted by Gasteiger charge is -2.16. The zero-order valence-corrected chi connectivity index (χ0v) is 12.2. The molecule has 5 nitrogen and oxygen atoms in total. The number of phosphoric ester groups is 1. The molecule has 17 heavy (non-hydrogen) atoms. The largest absolute Gasteiger partial charge is 0.577 e. The Morgan fingerprint density at radius 2 is 1.65 bits per heavy atom. The summed E-state index contributed by atoms with van der Waals surface area (Å²) in [6.07, 6.45) is 0.0528. The minimum absolute atomic E-state index is 0.0528. The molecule has 0 amide bonds. The predicted octanol–water partition coefficient (Wildman–Crippen LogP) is 3.10. The Bertz CT molecular complexity index is 244. The Morgan fingerprint density at radius 1 is 1.12 bits per heavy atom. The number of rotatable bonds is 10. The fourth-order valence-corrected chi connectivity index (χ4v) is 2.95. The van der Waals surface area contributed by atoms with Crippen LogP contribution in [0, 0.1) is 0 Å². The maximum absolute atomic E-state index is 12.8. The third-order valence-corrected chi connectivity index (χ3v) is 4.92. The van der Waals surface area contributed by atoms with Crippen LogP contribution >= 0.6 is 7.82 Å². The molecule has 0 rings (SSSR count). The average Bonchev–Trinajstić information content (AvgIpc) is 2.25. The first-order chi connectivity index (χ1) is 7.89. The summed E-state index contributed by atoms with van der Waals surface area (Å²) in [7, 11) is -7.16. The van der Waals surface area contributed by atoms with E-state index in [2.05, 4.69) is 4.43 Å². The number of hydrogen-bond acceptors (Lipinski definition) is 5. The highest BCUT2D eigenvalue weighted by Crippen LogP contribution is 2.49. The molecule has 0 spiro atoms. The summed E-state index contributed by atoms with van der Waals surface area (Å²) in [4.78, 5) is 0. The zero-order chi connectivity index (χ0) is 13.4. The molecule has 0 fully saturated rings. The normalized spacial score (nSPS) is 13.0. The first-order valence-corrected chi connectivity index (χ1v) is 8.69. The Morgan fingerprint density at radius 3 is 2.06 bits per heavy atom. The van der Waals surface area contributed by atoms with Gasteiger partial charge < -0.3 is 4.43 Å². The van der Waals surface area contributed by atoms with Gasteiger partial charge in [-0.25, -0.2) is 12.8 Å². The van der Waals surface area contributed by atoms with Crippen molar-refractivity contribution in [2.45, 2.75) is 26.3 Å². The van der Waals surface area contributed by atoms with E-state index in [1.807, 2.05) is 0 Å². The summed E-state index contributed by atoms with van der Waals surface area (Å²) in [5.41, 5.74) is 0. The van der Waals surface area contributed by atoms with E-state index in [0.717, 1.165) is 7.11 Å². The van der Waals surface area contributed by atoms with Crippen LogP contribution in [-0.4, -0.2) is 35.9 Å². The molecule has 104 valence electrons. The van der Waals surface area contributed by atoms with Gasteiger partial charge in [0.25, 0.3) is 0 Å². The standard InChI is InChI=1S/C8H19F2O5PSi/c1-4-13-16(11,14-5-2)15-7-6-8-17(9,10)12-3/h4-8H2,1-3H3. The highest BCUT2D eigenvalue weighted by molar-refractivity contribution is 7.48. The van der Waals surface area contributed by atoms with E-state index in [-0.39, 0.29) is 32.3 Å². The van der Waals surface area contributed by atoms with Gasteiger partial charge in [0, 0.05) is 13.2 Å². The van der Waals surface area contributed by atoms with E-state index >= 15 is 0 Å². The van der Waals surface area contributed by atoms with Gasteiger partial charge >= 0.3 is 16.8 Å². The quantitative estimate of drug-likeness (QED) is 0.268. The molecule has 0 atom stereocenters. The molecule has 0 saturated carbocycles. The van der Waals surface area contributed by atoms with Gasteiger partial charge in [0.15, 0.2) is 0 Å². The van der Waals surface area contributed by atoms with Crippen LogP contribution in [0.5, 0.6) is 0 Å². The number of hydrogen-bond donors (Lipinski definition) is 0. The molecule has 0 N–H and O–H groups in total. The van der Waals surface area contributed by atoms with Gasteiger partial charge in [-0.15, -0.1) is 0 Å². The summed E-state index contributed by atoms with van der Waals surface area (Å²) in [5, 5.41) is 0. The lowest BCUT2D eigenvalue weighted by molar-refractivity contribution is 0.120. The maximum Gasteiger partial charge on any atom is 0.577 e. The fourth-order valence-electron chi connectivity index (χ4n) is 0.984. The Balaban J connectivity index is 3.95. The average molecular weight is 292 g/mol. The lowest BCUT2D eigenvalue weighted by Crippen LogP contribution is -2.25. The molecule has 0 bridgehead atoms. The van der Waals surface area contributed by atoms with E-state index < -0.39 is 16.8 Å². The Labute approximate surface area is 101 Å². The summed E-state index contributed by atoms with van der Waals surface area (Å²) < 4.78 is 56.0. The number of halogens is 2. The van der Waals surface area contributed by atoms with Crippen LogP contribution in [0.2, 0.25) is 6.04 Å². The van der Waals surface area contributed by atoms with E-state index in [1.165, 1.54) is 0 Å². The van der Waals surface area contributed by atoms with Gasteiger partial charge in [0.05, 0.1) is 19.8 Å². The summed E-state index contributed by atoms with van der Waals surface area (Å²) in [5.74, 6) is 0. The molecule has 0 saturated heterocycles. The van der Waals surface area contributed by atoms with Crippen LogP contribution in [-0.2, 0) is 22.6 Å². The van der Waals surface area contributed by atoms with Crippen molar-refractivity contribution in [2.75, 3.05) is 26.9 Å². The van der Waals surface area contributed by atoms with Gasteiger partial charge in [-0.2, -0.15) is 0 Å². The van der Waals surface area contributed by atoms with E-state index in [9.17, 15) is 12.8 Å². The van der Waals surface area contributed by atoms with E-state index in [1.54, 1.807) is 13.8 Å². The monoisotopic (exact) mass is 292 g/mol. The molecule has 0 aromatic heterocycles. The molecule has 0 aliphatic rings. The number of phosphoric acid groups is 1. The minimum Gasteiger partial charge on any atom is -0.371 e. The topological polar surface area (TPSA) is 54.0 Å². The van der Waals surface area contributed by atoms with Crippen molar-refractivity contribution in [3.63, 3.8) is 0 Å². The molecule has 0 aliphatic carbocycles. The fraction of sp³-hybridized carbons (Fsp3) is 1.00. The summed E-state index contributed by atoms with van der Waals surface area (Å²) in [6.45, 7) is 3.51. The second-order valence-electron chi connectivity index (χ2n) is 3.06. The van der Waals surface area contributed by atoms with Gasteiger partial charge in [0.2, 0.25) is 0 Å². The van der Waals surface area contributed by atoms with E-state index in [0.29, 0.717) is 0 Å². The van der Waals surface area contributed by atoms with E-state index in [4.69, 9.17) is 13.6 Å². The molecule has 0 aromatic carbocycles. The van der Waals surface area contributed by atoms with Gasteiger partial charge in [-0.3, -0.25) is 13.6 Å². The van der Waals surface area contributed by atoms with Crippen molar-refractivity contribution in [1.29, 1.82) is 0 Å². The van der Waals surface area contributed by atoms with Gasteiger partial charge in [-0.1, -0.05) is 0 Å². The smallest absolute Gasteiger partial charge is 0.371 e. The van der Waals surface area contributed by atoms with Crippen LogP contribution in [0.4, 0.5) is 8.22 Å². The first-order valence-electron chi connectivity index (χ1n) is 5.35. The summed E-state index contributed by atoms with van der Waals surface area (Å²) >= 11 is 0. The first kappa shape index (κ1) is 17.1. The molecule has 0 heterocycles. The third kappa shape index (κ3) is 7.96. The molecule has 0 unspecified atom stereocenters. The molecule has 0 radical (unpaired) electrons.